The Balaban J connectivity index is 0.000000662. The summed E-state index contributed by atoms with van der Waals surface area (Å²) in [6.45, 7) is 5.83. The molecule has 1 fully saturated rings. The lowest BCUT2D eigenvalue weighted by Gasteiger charge is -2.18. The highest BCUT2D eigenvalue weighted by atomic mass is 16.5. The lowest BCUT2D eigenvalue weighted by molar-refractivity contribution is -0.135. The van der Waals surface area contributed by atoms with E-state index in [1.165, 1.54) is 6.42 Å². The first-order valence-electron chi connectivity index (χ1n) is 8.12. The molecular formula is C17H29N3O6. The summed E-state index contributed by atoms with van der Waals surface area (Å²) < 4.78 is 10.7. The van der Waals surface area contributed by atoms with Crippen molar-refractivity contribution in [2.24, 2.45) is 11.7 Å². The molecule has 26 heavy (non-hydrogen) atoms. The van der Waals surface area contributed by atoms with Crippen molar-refractivity contribution in [2.75, 3.05) is 33.9 Å². The van der Waals surface area contributed by atoms with E-state index in [1.807, 2.05) is 6.07 Å². The number of rotatable bonds is 5. The number of hydrogen-bond donors (Lipinski definition) is 3. The van der Waals surface area contributed by atoms with Crippen molar-refractivity contribution in [1.82, 2.24) is 9.88 Å². The molecule has 9 heteroatoms. The van der Waals surface area contributed by atoms with Gasteiger partial charge in [-0.25, -0.2) is 0 Å². The van der Waals surface area contributed by atoms with Gasteiger partial charge in [0.15, 0.2) is 11.5 Å². The lowest BCUT2D eigenvalue weighted by Crippen LogP contribution is -2.23. The fourth-order valence-electron chi connectivity index (χ4n) is 2.42. The number of aromatic nitrogens is 1. The molecule has 1 atom stereocenters. The molecule has 1 aliphatic heterocycles. The lowest BCUT2D eigenvalue weighted by atomic mass is 10.1. The van der Waals surface area contributed by atoms with Crippen LogP contribution in [0.25, 0.3) is 0 Å². The Morgan fingerprint density at radius 1 is 1.27 bits per heavy atom. The number of hydrogen-bond acceptors (Lipinski definition) is 7. The first kappa shape index (κ1) is 23.6. The van der Waals surface area contributed by atoms with Crippen LogP contribution in [0.5, 0.6) is 11.5 Å². The molecule has 0 bridgehead atoms. The molecule has 1 unspecified atom stereocenters. The van der Waals surface area contributed by atoms with Crippen LogP contribution < -0.4 is 15.2 Å². The van der Waals surface area contributed by atoms with Crippen LogP contribution in [0.4, 0.5) is 0 Å². The molecule has 2 heterocycles. The summed E-state index contributed by atoms with van der Waals surface area (Å²) >= 11 is 0. The van der Waals surface area contributed by atoms with E-state index in [9.17, 15) is 0 Å². The number of pyridine rings is 1. The molecule has 1 aromatic heterocycles. The summed E-state index contributed by atoms with van der Waals surface area (Å²) in [4.78, 5) is 24.8. The minimum atomic E-state index is -0.833. The third-order valence-corrected chi connectivity index (χ3v) is 3.44. The fourth-order valence-corrected chi connectivity index (χ4v) is 2.42. The summed E-state index contributed by atoms with van der Waals surface area (Å²) in [6.07, 6.45) is 2.93. The molecular weight excluding hydrogens is 342 g/mol. The third-order valence-electron chi connectivity index (χ3n) is 3.44. The van der Waals surface area contributed by atoms with E-state index < -0.39 is 11.9 Å². The Morgan fingerprint density at radius 3 is 2.27 bits per heavy atom. The summed E-state index contributed by atoms with van der Waals surface area (Å²) in [5.41, 5.74) is 6.63. The SMILES string of the molecule is CC(=O)O.CC(=O)O.COc1ccnc(CN2CCC(CN)C2)c1OC. The first-order chi connectivity index (χ1) is 12.2. The van der Waals surface area contributed by atoms with Crippen LogP contribution in [0.1, 0.15) is 26.0 Å². The minimum absolute atomic E-state index is 0.613. The molecule has 9 nitrogen and oxygen atoms in total. The number of nitrogens with two attached hydrogens (primary N) is 1. The van der Waals surface area contributed by atoms with Gasteiger partial charge in [-0.15, -0.1) is 0 Å². The van der Waals surface area contributed by atoms with E-state index in [0.29, 0.717) is 5.92 Å². The Kier molecular flexibility index (Phi) is 11.7. The van der Waals surface area contributed by atoms with Crippen LogP contribution in [-0.4, -0.2) is 65.9 Å². The van der Waals surface area contributed by atoms with Gasteiger partial charge in [-0.05, 0) is 25.4 Å². The average Bonchev–Trinajstić information content (AvgIpc) is 3.01. The number of methoxy groups -OCH3 is 2. The molecule has 148 valence electrons. The molecule has 0 saturated carbocycles. The maximum atomic E-state index is 9.00. The van der Waals surface area contributed by atoms with Crippen molar-refractivity contribution in [3.63, 3.8) is 0 Å². The normalized spacial score (nSPS) is 15.8. The van der Waals surface area contributed by atoms with Gasteiger partial charge in [0.05, 0.1) is 14.2 Å². The standard InChI is InChI=1S/C13H21N3O2.2C2H4O2/c1-17-12-3-5-15-11(13(12)18-2)9-16-6-4-10(7-14)8-16;2*1-2(3)4/h3,5,10H,4,6-9,14H2,1-2H3;2*1H3,(H,3,4). The topological polar surface area (TPSA) is 135 Å². The molecule has 0 spiro atoms. The molecule has 1 saturated heterocycles. The van der Waals surface area contributed by atoms with Gasteiger partial charge in [0.2, 0.25) is 0 Å². The van der Waals surface area contributed by atoms with Crippen LogP contribution in [0.15, 0.2) is 12.3 Å². The first-order valence-corrected chi connectivity index (χ1v) is 8.12. The second-order valence-electron chi connectivity index (χ2n) is 5.66. The molecule has 0 amide bonds. The highest BCUT2D eigenvalue weighted by molar-refractivity contribution is 5.63. The van der Waals surface area contributed by atoms with Crippen molar-refractivity contribution < 1.29 is 29.3 Å². The summed E-state index contributed by atoms with van der Waals surface area (Å²) in [5, 5.41) is 14.8. The Labute approximate surface area is 153 Å². The van der Waals surface area contributed by atoms with E-state index in [1.54, 1.807) is 20.4 Å². The molecule has 1 aliphatic rings. The van der Waals surface area contributed by atoms with Gasteiger partial charge in [-0.1, -0.05) is 0 Å². The summed E-state index contributed by atoms with van der Waals surface area (Å²) in [7, 11) is 3.29. The fraction of sp³-hybridized carbons (Fsp3) is 0.588. The quantitative estimate of drug-likeness (QED) is 0.694. The molecule has 2 rings (SSSR count). The number of carboxylic acids is 2. The molecule has 1 aromatic rings. The maximum Gasteiger partial charge on any atom is 0.300 e. The van der Waals surface area contributed by atoms with Gasteiger partial charge in [-0.3, -0.25) is 19.5 Å². The Bertz CT molecular complexity index is 547. The summed E-state index contributed by atoms with van der Waals surface area (Å²) in [6, 6.07) is 1.81. The van der Waals surface area contributed by atoms with E-state index in [-0.39, 0.29) is 0 Å². The van der Waals surface area contributed by atoms with E-state index in [0.717, 1.165) is 57.2 Å². The molecule has 0 radical (unpaired) electrons. The van der Waals surface area contributed by atoms with Gasteiger partial charge >= 0.3 is 0 Å². The van der Waals surface area contributed by atoms with Crippen LogP contribution >= 0.6 is 0 Å². The number of carboxylic acid groups (broad SMARTS) is 2. The zero-order valence-corrected chi connectivity index (χ0v) is 15.8. The van der Waals surface area contributed by atoms with Gasteiger partial charge < -0.3 is 25.4 Å². The highest BCUT2D eigenvalue weighted by Gasteiger charge is 2.23. The van der Waals surface area contributed by atoms with Gasteiger partial charge in [-0.2, -0.15) is 0 Å². The minimum Gasteiger partial charge on any atom is -0.493 e. The molecule has 4 N–H and O–H groups in total. The van der Waals surface area contributed by atoms with Crippen molar-refractivity contribution in [3.8, 4) is 11.5 Å². The smallest absolute Gasteiger partial charge is 0.300 e. The van der Waals surface area contributed by atoms with Crippen molar-refractivity contribution in [3.05, 3.63) is 18.0 Å². The van der Waals surface area contributed by atoms with Crippen molar-refractivity contribution in [1.29, 1.82) is 0 Å². The average molecular weight is 371 g/mol. The van der Waals surface area contributed by atoms with Gasteiger partial charge in [0, 0.05) is 39.2 Å². The number of carbonyl (C=O) groups is 2. The number of ether oxygens (including phenoxy) is 2. The van der Waals surface area contributed by atoms with E-state index in [2.05, 4.69) is 9.88 Å². The van der Waals surface area contributed by atoms with Crippen LogP contribution in [0, 0.1) is 5.92 Å². The van der Waals surface area contributed by atoms with Crippen LogP contribution in [0.2, 0.25) is 0 Å². The van der Waals surface area contributed by atoms with E-state index >= 15 is 0 Å². The number of nitrogens with zero attached hydrogens (tertiary/aromatic N) is 2. The number of likely N-dealkylation sites (tertiary alicyclic amines) is 1. The monoisotopic (exact) mass is 371 g/mol. The van der Waals surface area contributed by atoms with Crippen LogP contribution in [-0.2, 0) is 16.1 Å². The predicted octanol–water partition coefficient (Wildman–Crippen LogP) is 1.06. The Morgan fingerprint density at radius 2 is 1.85 bits per heavy atom. The highest BCUT2D eigenvalue weighted by Crippen LogP contribution is 2.30. The Hall–Kier alpha value is -2.39. The zero-order chi connectivity index (χ0) is 20.1. The summed E-state index contributed by atoms with van der Waals surface area (Å²) in [5.74, 6) is 0.412. The van der Waals surface area contributed by atoms with E-state index in [4.69, 9.17) is 35.0 Å². The molecule has 0 aromatic carbocycles. The predicted molar refractivity (Wildman–Crippen MR) is 96.4 cm³/mol. The van der Waals surface area contributed by atoms with Gasteiger partial charge in [0.1, 0.15) is 5.69 Å². The van der Waals surface area contributed by atoms with Gasteiger partial charge in [0.25, 0.3) is 11.9 Å². The molecule has 0 aliphatic carbocycles. The van der Waals surface area contributed by atoms with Crippen LogP contribution in [0.3, 0.4) is 0 Å². The van der Waals surface area contributed by atoms with Crippen molar-refractivity contribution in [2.45, 2.75) is 26.8 Å². The zero-order valence-electron chi connectivity index (χ0n) is 15.8. The number of aliphatic carboxylic acids is 2. The largest absolute Gasteiger partial charge is 0.493 e. The second kappa shape index (κ2) is 12.9. The third kappa shape index (κ3) is 9.80. The van der Waals surface area contributed by atoms with Crippen molar-refractivity contribution >= 4 is 11.9 Å². The maximum absolute atomic E-state index is 9.00. The second-order valence-corrected chi connectivity index (χ2v) is 5.66.